The summed E-state index contributed by atoms with van der Waals surface area (Å²) in [5.74, 6) is 0. The predicted octanol–water partition coefficient (Wildman–Crippen LogP) is 1.82. The number of nitrogens with zero attached hydrogens (tertiary/aromatic N) is 1. The lowest BCUT2D eigenvalue weighted by atomic mass is 10.1. The van der Waals surface area contributed by atoms with Gasteiger partial charge in [0.15, 0.2) is 0 Å². The Morgan fingerprint density at radius 1 is 1.00 bits per heavy atom. The zero-order chi connectivity index (χ0) is 10.5. The molecule has 1 aliphatic rings. The molecular weight excluding hydrogens is 186 g/mol. The minimum atomic E-state index is 0.145. The van der Waals surface area contributed by atoms with Gasteiger partial charge in [0.05, 0.1) is 6.61 Å². The summed E-state index contributed by atoms with van der Waals surface area (Å²) in [6.45, 7) is 3.87. The second-order valence-electron chi connectivity index (χ2n) is 4.27. The zero-order valence-electron chi connectivity index (χ0n) is 9.15. The fourth-order valence-corrected chi connectivity index (χ4v) is 2.10. The fraction of sp³-hybridized carbons (Fsp3) is 0.538. The third kappa shape index (κ3) is 3.05. The SMILES string of the molecule is OCc1ccc(CCN2CCCC2)cc1. The number of aliphatic hydroxyl groups is 1. The molecule has 0 saturated carbocycles. The van der Waals surface area contributed by atoms with Gasteiger partial charge in [-0.15, -0.1) is 0 Å². The molecule has 1 saturated heterocycles. The third-order valence-electron chi connectivity index (χ3n) is 3.12. The van der Waals surface area contributed by atoms with Crippen molar-refractivity contribution in [1.29, 1.82) is 0 Å². The quantitative estimate of drug-likeness (QED) is 0.810. The predicted molar refractivity (Wildman–Crippen MR) is 61.7 cm³/mol. The van der Waals surface area contributed by atoms with Crippen molar-refractivity contribution in [2.24, 2.45) is 0 Å². The fourth-order valence-electron chi connectivity index (χ4n) is 2.10. The molecule has 0 unspecified atom stereocenters. The van der Waals surface area contributed by atoms with Gasteiger partial charge in [0.2, 0.25) is 0 Å². The van der Waals surface area contributed by atoms with Crippen molar-refractivity contribution in [3.8, 4) is 0 Å². The summed E-state index contributed by atoms with van der Waals surface area (Å²) >= 11 is 0. The van der Waals surface area contributed by atoms with Gasteiger partial charge in [-0.05, 0) is 43.5 Å². The van der Waals surface area contributed by atoms with E-state index < -0.39 is 0 Å². The first-order valence-corrected chi connectivity index (χ1v) is 5.79. The Morgan fingerprint density at radius 2 is 1.60 bits per heavy atom. The summed E-state index contributed by atoms with van der Waals surface area (Å²) < 4.78 is 0. The van der Waals surface area contributed by atoms with E-state index in [1.807, 2.05) is 12.1 Å². The van der Waals surface area contributed by atoms with Crippen molar-refractivity contribution < 1.29 is 5.11 Å². The smallest absolute Gasteiger partial charge is 0.0681 e. The van der Waals surface area contributed by atoms with Crippen molar-refractivity contribution >= 4 is 0 Å². The highest BCUT2D eigenvalue weighted by Crippen LogP contribution is 2.10. The molecule has 1 aliphatic heterocycles. The largest absolute Gasteiger partial charge is 0.392 e. The van der Waals surface area contributed by atoms with E-state index in [2.05, 4.69) is 17.0 Å². The van der Waals surface area contributed by atoms with Crippen LogP contribution in [0.4, 0.5) is 0 Å². The second kappa shape index (κ2) is 5.29. The molecule has 0 spiro atoms. The van der Waals surface area contributed by atoms with Gasteiger partial charge in [-0.3, -0.25) is 0 Å². The Balaban J connectivity index is 1.82. The zero-order valence-corrected chi connectivity index (χ0v) is 9.15. The minimum absolute atomic E-state index is 0.145. The monoisotopic (exact) mass is 205 g/mol. The van der Waals surface area contributed by atoms with Gasteiger partial charge in [-0.2, -0.15) is 0 Å². The highest BCUT2D eigenvalue weighted by molar-refractivity contribution is 5.22. The first-order chi connectivity index (χ1) is 7.38. The average molecular weight is 205 g/mol. The second-order valence-corrected chi connectivity index (χ2v) is 4.27. The summed E-state index contributed by atoms with van der Waals surface area (Å²) in [5.41, 5.74) is 2.37. The maximum atomic E-state index is 8.92. The van der Waals surface area contributed by atoms with Gasteiger partial charge >= 0.3 is 0 Å². The molecule has 2 rings (SSSR count). The van der Waals surface area contributed by atoms with Crippen LogP contribution in [0.15, 0.2) is 24.3 Å². The lowest BCUT2D eigenvalue weighted by Gasteiger charge is -2.14. The summed E-state index contributed by atoms with van der Waals surface area (Å²) in [6, 6.07) is 8.28. The number of benzene rings is 1. The lowest BCUT2D eigenvalue weighted by molar-refractivity contribution is 0.282. The van der Waals surface area contributed by atoms with Crippen LogP contribution in [-0.2, 0) is 13.0 Å². The molecule has 82 valence electrons. The summed E-state index contributed by atoms with van der Waals surface area (Å²) in [5, 5.41) is 8.92. The molecular formula is C13H19NO. The number of hydrogen-bond donors (Lipinski definition) is 1. The van der Waals surface area contributed by atoms with Crippen LogP contribution in [0.25, 0.3) is 0 Å². The van der Waals surface area contributed by atoms with E-state index in [-0.39, 0.29) is 6.61 Å². The van der Waals surface area contributed by atoms with Crippen LogP contribution in [0.5, 0.6) is 0 Å². The van der Waals surface area contributed by atoms with E-state index in [0.29, 0.717) is 0 Å². The molecule has 2 heteroatoms. The first-order valence-electron chi connectivity index (χ1n) is 5.79. The molecule has 1 fully saturated rings. The van der Waals surface area contributed by atoms with Crippen molar-refractivity contribution in [1.82, 2.24) is 4.90 Å². The molecule has 15 heavy (non-hydrogen) atoms. The molecule has 0 aromatic heterocycles. The van der Waals surface area contributed by atoms with E-state index in [1.54, 1.807) is 0 Å². The average Bonchev–Trinajstić information content (AvgIpc) is 2.80. The Bertz CT molecular complexity index is 288. The maximum absolute atomic E-state index is 8.92. The van der Waals surface area contributed by atoms with E-state index >= 15 is 0 Å². The molecule has 1 heterocycles. The molecule has 0 aliphatic carbocycles. The molecule has 0 amide bonds. The van der Waals surface area contributed by atoms with Crippen molar-refractivity contribution in [2.75, 3.05) is 19.6 Å². The summed E-state index contributed by atoms with van der Waals surface area (Å²) in [4.78, 5) is 2.53. The summed E-state index contributed by atoms with van der Waals surface area (Å²) in [6.07, 6.45) is 3.86. The van der Waals surface area contributed by atoms with Crippen LogP contribution in [0.3, 0.4) is 0 Å². The van der Waals surface area contributed by atoms with Crippen molar-refractivity contribution in [2.45, 2.75) is 25.9 Å². The summed E-state index contributed by atoms with van der Waals surface area (Å²) in [7, 11) is 0. The van der Waals surface area contributed by atoms with Crippen LogP contribution in [-0.4, -0.2) is 29.6 Å². The number of rotatable bonds is 4. The minimum Gasteiger partial charge on any atom is -0.392 e. The Hall–Kier alpha value is -0.860. The van der Waals surface area contributed by atoms with Gasteiger partial charge in [0, 0.05) is 6.54 Å². The normalized spacial score (nSPS) is 17.1. The van der Waals surface area contributed by atoms with Crippen LogP contribution in [0.1, 0.15) is 24.0 Å². The number of hydrogen-bond acceptors (Lipinski definition) is 2. The molecule has 0 bridgehead atoms. The van der Waals surface area contributed by atoms with Crippen molar-refractivity contribution in [3.63, 3.8) is 0 Å². The topological polar surface area (TPSA) is 23.5 Å². The molecule has 0 radical (unpaired) electrons. The Labute approximate surface area is 91.5 Å². The number of likely N-dealkylation sites (tertiary alicyclic amines) is 1. The third-order valence-corrected chi connectivity index (χ3v) is 3.12. The van der Waals surface area contributed by atoms with Crippen LogP contribution in [0, 0.1) is 0 Å². The standard InChI is InChI=1S/C13H19NO/c15-11-13-5-3-12(4-6-13)7-10-14-8-1-2-9-14/h3-6,15H,1-2,7-11H2. The van der Waals surface area contributed by atoms with Crippen LogP contribution < -0.4 is 0 Å². The molecule has 1 N–H and O–H groups in total. The van der Waals surface area contributed by atoms with E-state index in [9.17, 15) is 0 Å². The van der Waals surface area contributed by atoms with Gasteiger partial charge in [-0.1, -0.05) is 24.3 Å². The molecule has 1 aromatic rings. The van der Waals surface area contributed by atoms with Crippen molar-refractivity contribution in [3.05, 3.63) is 35.4 Å². The van der Waals surface area contributed by atoms with Crippen LogP contribution in [0.2, 0.25) is 0 Å². The van der Waals surface area contributed by atoms with Gasteiger partial charge < -0.3 is 10.0 Å². The molecule has 0 atom stereocenters. The first kappa shape index (κ1) is 10.7. The highest BCUT2D eigenvalue weighted by Gasteiger charge is 2.10. The highest BCUT2D eigenvalue weighted by atomic mass is 16.3. The maximum Gasteiger partial charge on any atom is 0.0681 e. The Morgan fingerprint density at radius 3 is 2.20 bits per heavy atom. The van der Waals surface area contributed by atoms with Crippen LogP contribution >= 0.6 is 0 Å². The molecule has 2 nitrogen and oxygen atoms in total. The van der Waals surface area contributed by atoms with Gasteiger partial charge in [0.1, 0.15) is 0 Å². The van der Waals surface area contributed by atoms with Gasteiger partial charge in [0.25, 0.3) is 0 Å². The lowest BCUT2D eigenvalue weighted by Crippen LogP contribution is -2.21. The molecule has 1 aromatic carbocycles. The Kier molecular flexibility index (Phi) is 3.75. The van der Waals surface area contributed by atoms with E-state index in [1.165, 1.54) is 38.0 Å². The number of aliphatic hydroxyl groups excluding tert-OH is 1. The van der Waals surface area contributed by atoms with E-state index in [4.69, 9.17) is 5.11 Å². The van der Waals surface area contributed by atoms with Gasteiger partial charge in [-0.25, -0.2) is 0 Å². The van der Waals surface area contributed by atoms with E-state index in [0.717, 1.165) is 12.0 Å².